The molecule has 9 atom stereocenters. The van der Waals surface area contributed by atoms with Crippen LogP contribution in [0.2, 0.25) is 0 Å². The Morgan fingerprint density at radius 3 is 2.30 bits per heavy atom. The van der Waals surface area contributed by atoms with Gasteiger partial charge < -0.3 is 64.7 Å². The highest BCUT2D eigenvalue weighted by Gasteiger charge is 2.46. The summed E-state index contributed by atoms with van der Waals surface area (Å²) in [6.07, 6.45) is -6.43. The number of hydrogen-bond donors (Lipinski definition) is 7. The van der Waals surface area contributed by atoms with Gasteiger partial charge in [-0.2, -0.15) is 4.98 Å². The van der Waals surface area contributed by atoms with Crippen LogP contribution >= 0.6 is 23.5 Å². The molecule has 0 aliphatic carbocycles. The van der Waals surface area contributed by atoms with Crippen LogP contribution in [-0.2, 0) is 52.6 Å². The fraction of sp³-hybridized carbons (Fsp3) is 0.545. The number of ether oxygens (including phenoxy) is 3. The van der Waals surface area contributed by atoms with E-state index in [1.54, 1.807) is 0 Å². The van der Waals surface area contributed by atoms with Crippen molar-refractivity contribution in [1.82, 2.24) is 34.1 Å². The molecule has 0 amide bonds. The van der Waals surface area contributed by atoms with Crippen molar-refractivity contribution in [2.24, 2.45) is 7.05 Å². The van der Waals surface area contributed by atoms with Gasteiger partial charge in [-0.15, -0.1) is 0 Å². The third-order valence-electron chi connectivity index (χ3n) is 7.33. The molecule has 4 unspecified atom stereocenters. The van der Waals surface area contributed by atoms with E-state index < -0.39 is 97.9 Å². The normalized spacial score (nSPS) is 23.8. The number of nitrogen functional groups attached to an aromatic ring is 2. The number of fused-ring (bicyclic) bond motifs is 2. The Hall–Kier alpha value is -3.53. The zero-order chi connectivity index (χ0) is 39.0. The Morgan fingerprint density at radius 1 is 1.02 bits per heavy atom. The number of methoxy groups -OCH3 is 1. The van der Waals surface area contributed by atoms with Crippen LogP contribution in [0.3, 0.4) is 0 Å². The van der Waals surface area contributed by atoms with Crippen LogP contribution in [0.15, 0.2) is 22.2 Å². The molecular formula is C22H31N10O18P3-2. The zero-order valence-corrected chi connectivity index (χ0v) is 29.8. The van der Waals surface area contributed by atoms with Crippen LogP contribution in [0, 0.1) is 0 Å². The molecule has 4 aromatic heterocycles. The highest BCUT2D eigenvalue weighted by molar-refractivity contribution is 7.65. The molecule has 4 aromatic rings. The van der Waals surface area contributed by atoms with Crippen LogP contribution in [-0.4, -0.2) is 107 Å². The average molecular weight is 816 g/mol. The number of phosphoric ester groups is 2. The molecule has 0 radical (unpaired) electrons. The van der Waals surface area contributed by atoms with Crippen molar-refractivity contribution in [3.8, 4) is 0 Å². The highest BCUT2D eigenvalue weighted by atomic mass is 31.3. The number of H-pyrrole nitrogens is 2. The van der Waals surface area contributed by atoms with Crippen LogP contribution in [0.4, 0.5) is 11.9 Å². The first-order valence-electron chi connectivity index (χ1n) is 14.6. The largest absolute Gasteiger partial charge is 0.756 e. The second kappa shape index (κ2) is 15.7. The smallest absolute Gasteiger partial charge is 0.313 e. The van der Waals surface area contributed by atoms with E-state index in [1.165, 1.54) is 25.1 Å². The topological polar surface area (TPSA) is 416 Å². The van der Waals surface area contributed by atoms with Gasteiger partial charge in [0.15, 0.2) is 23.7 Å². The maximum absolute atomic E-state index is 12.4. The van der Waals surface area contributed by atoms with Gasteiger partial charge in [-0.3, -0.25) is 42.4 Å². The number of aliphatic hydroxyl groups is 3. The number of aryl methyl sites for hydroxylation is 1. The lowest BCUT2D eigenvalue weighted by molar-refractivity contribution is -0.746. The van der Waals surface area contributed by atoms with Crippen molar-refractivity contribution in [1.29, 1.82) is 0 Å². The molecule has 0 aromatic carbocycles. The minimum absolute atomic E-state index is 0.00207. The van der Waals surface area contributed by atoms with E-state index in [9.17, 15) is 53.3 Å². The predicted octanol–water partition coefficient (Wildman–Crippen LogP) is -5.54. The number of aromatic amines is 2. The lowest BCUT2D eigenvalue weighted by Gasteiger charge is -2.35. The molecule has 28 nitrogen and oxygen atoms in total. The van der Waals surface area contributed by atoms with Crippen LogP contribution in [0.1, 0.15) is 12.5 Å². The Morgan fingerprint density at radius 2 is 1.66 bits per heavy atom. The van der Waals surface area contributed by atoms with E-state index in [4.69, 9.17) is 25.7 Å². The molecule has 5 heterocycles. The number of anilines is 2. The van der Waals surface area contributed by atoms with Gasteiger partial charge >= 0.3 is 5.65 Å². The summed E-state index contributed by atoms with van der Waals surface area (Å²) < 4.78 is 73.4. The SMILES string of the molecule is CO[C@@H]1[C@H](O)[C@@H](COP(=O)([O-])OP(=O)([O-])OP(=O)([O-])OCC(CO)O[C@H](CO)[n+]2cn(C)c3c(=O)[nH]c(N)nc32)O[C@H]1n1cnc2c(=O)[nH]c(N)nc21. The van der Waals surface area contributed by atoms with Crippen LogP contribution in [0.5, 0.6) is 0 Å². The molecule has 0 spiro atoms. The first-order valence-corrected chi connectivity index (χ1v) is 19.0. The number of aromatic nitrogens is 8. The molecule has 0 saturated carbocycles. The van der Waals surface area contributed by atoms with Gasteiger partial charge in [0.05, 0.1) is 33.2 Å². The number of rotatable bonds is 17. The van der Waals surface area contributed by atoms with Gasteiger partial charge in [-0.1, -0.05) is 4.98 Å². The third kappa shape index (κ3) is 9.06. The summed E-state index contributed by atoms with van der Waals surface area (Å²) >= 11 is 0. The van der Waals surface area contributed by atoms with Gasteiger partial charge in [0.2, 0.25) is 17.7 Å². The van der Waals surface area contributed by atoms with E-state index >= 15 is 0 Å². The average Bonchev–Trinajstić information content (AvgIpc) is 3.71. The predicted molar refractivity (Wildman–Crippen MR) is 164 cm³/mol. The Labute approximate surface area is 294 Å². The number of nitrogens with zero attached hydrogens (tertiary/aromatic N) is 6. The fourth-order valence-corrected chi connectivity index (χ4v) is 8.55. The molecule has 53 heavy (non-hydrogen) atoms. The maximum Gasteiger partial charge on any atom is 0.313 e. The first-order chi connectivity index (χ1) is 24.8. The Bertz CT molecular complexity index is 2230. The van der Waals surface area contributed by atoms with Gasteiger partial charge in [-0.05, 0) is 0 Å². The minimum atomic E-state index is -6.35. The summed E-state index contributed by atoms with van der Waals surface area (Å²) in [7, 11) is -15.7. The van der Waals surface area contributed by atoms with Crippen molar-refractivity contribution in [2.75, 3.05) is 45.0 Å². The molecule has 31 heteroatoms. The third-order valence-corrected chi connectivity index (χ3v) is 11.5. The summed E-state index contributed by atoms with van der Waals surface area (Å²) in [5.74, 6) is -0.570. The summed E-state index contributed by atoms with van der Waals surface area (Å²) in [6, 6.07) is 0. The monoisotopic (exact) mass is 816 g/mol. The number of hydrogen-bond acceptors (Lipinski definition) is 23. The molecule has 0 bridgehead atoms. The molecule has 1 saturated heterocycles. The van der Waals surface area contributed by atoms with Crippen molar-refractivity contribution in [3.05, 3.63) is 33.4 Å². The van der Waals surface area contributed by atoms with E-state index in [0.717, 1.165) is 15.5 Å². The lowest BCUT2D eigenvalue weighted by atomic mass is 10.1. The fourth-order valence-electron chi connectivity index (χ4n) is 5.14. The number of aliphatic hydroxyl groups excluding tert-OH is 3. The molecule has 1 aliphatic heterocycles. The maximum atomic E-state index is 12.4. The van der Waals surface area contributed by atoms with E-state index in [-0.39, 0.29) is 34.2 Å². The highest BCUT2D eigenvalue weighted by Crippen LogP contribution is 2.63. The molecule has 5 rings (SSSR count). The molecular weight excluding hydrogens is 785 g/mol. The number of nitrogens with two attached hydrogens (primary N) is 2. The van der Waals surface area contributed by atoms with Crippen LogP contribution < -0.4 is 41.8 Å². The van der Waals surface area contributed by atoms with Crippen molar-refractivity contribution >= 4 is 57.7 Å². The summed E-state index contributed by atoms with van der Waals surface area (Å²) in [5.41, 5.74) is 9.52. The van der Waals surface area contributed by atoms with Crippen molar-refractivity contribution in [2.45, 2.75) is 36.9 Å². The number of imidazole rings is 2. The molecule has 1 fully saturated rings. The van der Waals surface area contributed by atoms with Gasteiger partial charge in [0.1, 0.15) is 31.0 Å². The van der Waals surface area contributed by atoms with E-state index in [2.05, 4.69) is 42.6 Å². The molecule has 294 valence electrons. The second-order valence-electron chi connectivity index (χ2n) is 11.0. The molecule has 1 aliphatic rings. The Balaban J connectivity index is 1.18. The quantitative estimate of drug-likeness (QED) is 0.0386. The van der Waals surface area contributed by atoms with Gasteiger partial charge in [0, 0.05) is 7.11 Å². The Kier molecular flexibility index (Phi) is 12.0. The van der Waals surface area contributed by atoms with Gasteiger partial charge in [0.25, 0.3) is 40.5 Å². The minimum Gasteiger partial charge on any atom is -0.756 e. The summed E-state index contributed by atoms with van der Waals surface area (Å²) in [6.45, 7) is -4.07. The van der Waals surface area contributed by atoms with E-state index in [0.29, 0.717) is 0 Å². The first kappa shape index (κ1) is 40.7. The lowest BCUT2D eigenvalue weighted by Crippen LogP contribution is -2.46. The zero-order valence-electron chi connectivity index (χ0n) is 27.1. The number of phosphoric acid groups is 3. The number of nitrogens with one attached hydrogen (secondary N) is 2. The van der Waals surface area contributed by atoms with Crippen molar-refractivity contribution in [3.63, 3.8) is 0 Å². The van der Waals surface area contributed by atoms with E-state index in [1.807, 2.05) is 0 Å². The van der Waals surface area contributed by atoms with Crippen molar-refractivity contribution < 1.29 is 80.1 Å². The summed E-state index contributed by atoms with van der Waals surface area (Å²) in [4.78, 5) is 77.8. The standard InChI is InChI=1S/C22H33N10O18P3/c1-30-8-32(17-13(30)19(37)29-22(24)27-17)11(4-34)47-9(3-33)5-45-51(38,39)49-53(42,43)50-52(40,41)46-6-10-14(35)15(44-2)20(48-10)31-7-25-12-16(31)26-21(23)28-18(12)36/h7-11,14-15,20,33-35H,3-6H2,1-2H3,(H8-,23,24,26,27,28,29,36,37,38,39,40,41,42,43)/p-2/t9?,10-,11-,14-,15-,20-/m1/s1. The second-order valence-corrected chi connectivity index (χ2v) is 15.5. The molecule has 9 N–H and O–H groups in total. The van der Waals surface area contributed by atoms with Crippen LogP contribution in [0.25, 0.3) is 22.3 Å². The van der Waals surface area contributed by atoms with Gasteiger partial charge in [-0.25, -0.2) is 18.2 Å². The summed E-state index contributed by atoms with van der Waals surface area (Å²) in [5, 5.41) is 30.3.